The number of benzene rings is 1. The van der Waals surface area contributed by atoms with Gasteiger partial charge in [-0.2, -0.15) is 0 Å². The van der Waals surface area contributed by atoms with Gasteiger partial charge in [0.1, 0.15) is 0 Å². The van der Waals surface area contributed by atoms with Crippen LogP contribution in [0.5, 0.6) is 0 Å². The first kappa shape index (κ1) is 13.9. The molecule has 0 fully saturated rings. The molecule has 1 aromatic carbocycles. The number of anilines is 1. The van der Waals surface area contributed by atoms with Crippen LogP contribution in [0.2, 0.25) is 4.34 Å². The van der Waals surface area contributed by atoms with Gasteiger partial charge < -0.3 is 11.1 Å². The maximum Gasteiger partial charge on any atom is 0.253 e. The number of nitrogens with one attached hydrogen (secondary N) is 1. The van der Waals surface area contributed by atoms with E-state index in [1.807, 2.05) is 32.0 Å². The molecule has 3 N–H and O–H groups in total. The van der Waals surface area contributed by atoms with Gasteiger partial charge in [0, 0.05) is 10.6 Å². The number of hydrogen-bond acceptors (Lipinski definition) is 3. The minimum absolute atomic E-state index is 0.0919. The third-order valence-electron chi connectivity index (χ3n) is 2.82. The summed E-state index contributed by atoms with van der Waals surface area (Å²) in [6.45, 7) is 3.86. The van der Waals surface area contributed by atoms with E-state index in [9.17, 15) is 4.79 Å². The van der Waals surface area contributed by atoms with Crippen LogP contribution in [0.3, 0.4) is 0 Å². The van der Waals surface area contributed by atoms with Crippen LogP contribution in [0.25, 0.3) is 0 Å². The largest absolute Gasteiger partial charge is 0.398 e. The average molecular weight is 295 g/mol. The number of aryl methyl sites for hydroxylation is 1. The van der Waals surface area contributed by atoms with Crippen LogP contribution in [-0.2, 0) is 0 Å². The Kier molecular flexibility index (Phi) is 4.12. The first-order valence-electron chi connectivity index (χ1n) is 5.89. The van der Waals surface area contributed by atoms with Crippen LogP contribution in [-0.4, -0.2) is 5.91 Å². The Morgan fingerprint density at radius 2 is 2.11 bits per heavy atom. The van der Waals surface area contributed by atoms with Gasteiger partial charge in [0.25, 0.3) is 5.91 Å². The molecule has 2 rings (SSSR count). The summed E-state index contributed by atoms with van der Waals surface area (Å²) in [4.78, 5) is 13.2. The molecule has 0 radical (unpaired) electrons. The monoisotopic (exact) mass is 294 g/mol. The number of nitrogens with two attached hydrogens (primary N) is 1. The van der Waals surface area contributed by atoms with Crippen LogP contribution < -0.4 is 11.1 Å². The Morgan fingerprint density at radius 3 is 2.68 bits per heavy atom. The molecular weight excluding hydrogens is 280 g/mol. The summed E-state index contributed by atoms with van der Waals surface area (Å²) in [7, 11) is 0. The summed E-state index contributed by atoms with van der Waals surface area (Å²) in [5, 5.41) is 2.92. The number of thiophene rings is 1. The van der Waals surface area contributed by atoms with Crippen molar-refractivity contribution in [1.82, 2.24) is 5.32 Å². The van der Waals surface area contributed by atoms with Crippen LogP contribution >= 0.6 is 22.9 Å². The maximum atomic E-state index is 12.1. The smallest absolute Gasteiger partial charge is 0.253 e. The molecule has 0 bridgehead atoms. The molecule has 0 spiro atoms. The molecule has 19 heavy (non-hydrogen) atoms. The highest BCUT2D eigenvalue weighted by Gasteiger charge is 2.15. The Labute approximate surface area is 121 Å². The molecule has 1 unspecified atom stereocenters. The Balaban J connectivity index is 2.12. The molecule has 1 aromatic heterocycles. The molecule has 3 nitrogen and oxygen atoms in total. The van der Waals surface area contributed by atoms with Gasteiger partial charge in [-0.05, 0) is 43.7 Å². The second-order valence-corrected chi connectivity index (χ2v) is 6.17. The van der Waals surface area contributed by atoms with Crippen LogP contribution in [0.4, 0.5) is 5.69 Å². The van der Waals surface area contributed by atoms with Gasteiger partial charge in [-0.15, -0.1) is 11.3 Å². The molecule has 1 amide bonds. The quantitative estimate of drug-likeness (QED) is 0.846. The third-order valence-corrected chi connectivity index (χ3v) is 4.23. The lowest BCUT2D eigenvalue weighted by atomic mass is 10.1. The predicted molar refractivity (Wildman–Crippen MR) is 80.8 cm³/mol. The minimum Gasteiger partial charge on any atom is -0.398 e. The van der Waals surface area contributed by atoms with Crippen molar-refractivity contribution in [2.45, 2.75) is 19.9 Å². The van der Waals surface area contributed by atoms with E-state index in [0.29, 0.717) is 15.6 Å². The molecule has 0 aliphatic heterocycles. The molecule has 0 aliphatic rings. The van der Waals surface area contributed by atoms with E-state index in [1.54, 1.807) is 12.1 Å². The minimum atomic E-state index is -0.172. The fourth-order valence-corrected chi connectivity index (χ4v) is 2.86. The summed E-state index contributed by atoms with van der Waals surface area (Å²) in [6, 6.07) is 9.06. The molecule has 100 valence electrons. The van der Waals surface area contributed by atoms with Crippen molar-refractivity contribution in [2.24, 2.45) is 0 Å². The van der Waals surface area contributed by atoms with Gasteiger partial charge >= 0.3 is 0 Å². The number of halogens is 1. The number of carbonyl (C=O) groups excluding carboxylic acids is 1. The van der Waals surface area contributed by atoms with Crippen LogP contribution in [0.15, 0.2) is 30.3 Å². The predicted octanol–water partition coefficient (Wildman–Crippen LogP) is 3.78. The summed E-state index contributed by atoms with van der Waals surface area (Å²) in [5.41, 5.74) is 7.89. The van der Waals surface area contributed by atoms with Gasteiger partial charge in [0.2, 0.25) is 0 Å². The van der Waals surface area contributed by atoms with Crippen molar-refractivity contribution >= 4 is 34.5 Å². The molecule has 0 saturated heterocycles. The highest BCUT2D eigenvalue weighted by molar-refractivity contribution is 7.16. The van der Waals surface area contributed by atoms with Crippen molar-refractivity contribution in [3.05, 3.63) is 50.7 Å². The van der Waals surface area contributed by atoms with Gasteiger partial charge in [-0.3, -0.25) is 4.79 Å². The molecule has 0 aliphatic carbocycles. The number of carbonyl (C=O) groups is 1. The lowest BCUT2D eigenvalue weighted by Crippen LogP contribution is -2.26. The zero-order chi connectivity index (χ0) is 14.0. The van der Waals surface area contributed by atoms with E-state index in [0.717, 1.165) is 10.4 Å². The van der Waals surface area contributed by atoms with Gasteiger partial charge in [0.15, 0.2) is 0 Å². The van der Waals surface area contributed by atoms with Gasteiger partial charge in [-0.1, -0.05) is 17.7 Å². The van der Waals surface area contributed by atoms with Crippen molar-refractivity contribution in [3.63, 3.8) is 0 Å². The number of amides is 1. The van der Waals surface area contributed by atoms with Crippen molar-refractivity contribution < 1.29 is 4.79 Å². The lowest BCUT2D eigenvalue weighted by molar-refractivity contribution is 0.0941. The number of rotatable bonds is 3. The normalized spacial score (nSPS) is 12.2. The van der Waals surface area contributed by atoms with Crippen molar-refractivity contribution in [1.29, 1.82) is 0 Å². The second kappa shape index (κ2) is 5.63. The molecule has 1 heterocycles. The van der Waals surface area contributed by atoms with Crippen LogP contribution in [0, 0.1) is 6.92 Å². The summed E-state index contributed by atoms with van der Waals surface area (Å²) in [6.07, 6.45) is 0. The van der Waals surface area contributed by atoms with E-state index in [4.69, 9.17) is 17.3 Å². The Morgan fingerprint density at radius 1 is 1.37 bits per heavy atom. The van der Waals surface area contributed by atoms with Crippen molar-refractivity contribution in [3.8, 4) is 0 Å². The molecule has 5 heteroatoms. The van der Waals surface area contributed by atoms with Gasteiger partial charge in [-0.25, -0.2) is 0 Å². The maximum absolute atomic E-state index is 12.1. The lowest BCUT2D eigenvalue weighted by Gasteiger charge is -2.13. The fourth-order valence-electron chi connectivity index (χ4n) is 1.80. The molecule has 0 saturated carbocycles. The third kappa shape index (κ3) is 3.28. The Hall–Kier alpha value is -1.52. The first-order chi connectivity index (χ1) is 8.97. The number of nitrogen functional groups attached to an aromatic ring is 1. The summed E-state index contributed by atoms with van der Waals surface area (Å²) < 4.78 is 0.714. The van der Waals surface area contributed by atoms with E-state index >= 15 is 0 Å². The van der Waals surface area contributed by atoms with E-state index < -0.39 is 0 Å². The zero-order valence-corrected chi connectivity index (χ0v) is 12.3. The highest BCUT2D eigenvalue weighted by Crippen LogP contribution is 2.27. The molecule has 1 atom stereocenters. The Bertz CT molecular complexity index is 609. The first-order valence-corrected chi connectivity index (χ1v) is 7.09. The van der Waals surface area contributed by atoms with Crippen LogP contribution in [0.1, 0.15) is 33.8 Å². The second-order valence-electron chi connectivity index (χ2n) is 4.43. The van der Waals surface area contributed by atoms with E-state index in [1.165, 1.54) is 11.3 Å². The molecule has 2 aromatic rings. The topological polar surface area (TPSA) is 55.1 Å². The zero-order valence-electron chi connectivity index (χ0n) is 10.7. The van der Waals surface area contributed by atoms with E-state index in [-0.39, 0.29) is 11.9 Å². The fraction of sp³-hybridized carbons (Fsp3) is 0.214. The highest BCUT2D eigenvalue weighted by atomic mass is 35.5. The van der Waals surface area contributed by atoms with Crippen molar-refractivity contribution in [2.75, 3.05) is 5.73 Å². The summed E-state index contributed by atoms with van der Waals surface area (Å²) in [5.74, 6) is -0.172. The standard InChI is InChI=1S/C14H15ClN2OS/c1-8-3-4-10(11(16)7-8)14(18)17-9(2)12-5-6-13(15)19-12/h3-7,9H,16H2,1-2H3,(H,17,18). The summed E-state index contributed by atoms with van der Waals surface area (Å²) >= 11 is 7.35. The number of hydrogen-bond donors (Lipinski definition) is 2. The average Bonchev–Trinajstić information content (AvgIpc) is 2.75. The van der Waals surface area contributed by atoms with E-state index in [2.05, 4.69) is 5.32 Å². The SMILES string of the molecule is Cc1ccc(C(=O)NC(C)c2ccc(Cl)s2)c(N)c1. The molecular formula is C14H15ClN2OS. The van der Waals surface area contributed by atoms with Gasteiger partial charge in [0.05, 0.1) is 15.9 Å².